The van der Waals surface area contributed by atoms with Gasteiger partial charge < -0.3 is 15.4 Å². The molecular weight excluding hydrogens is 411 g/mol. The number of rotatable bonds is 7. The van der Waals surface area contributed by atoms with Gasteiger partial charge in [-0.1, -0.05) is 25.0 Å². The normalized spacial score (nSPS) is 20.3. The van der Waals surface area contributed by atoms with Gasteiger partial charge in [0.2, 0.25) is 11.8 Å². The Hall–Kier alpha value is -2.13. The number of benzene rings is 1. The molecule has 1 aromatic rings. The zero-order valence-corrected chi connectivity index (χ0v) is 17.7. The lowest BCUT2D eigenvalue weighted by molar-refractivity contribution is -0.137. The number of hydrogen-bond acceptors (Lipinski definition) is 4. The molecule has 2 fully saturated rings. The van der Waals surface area contributed by atoms with Crippen LogP contribution in [-0.2, 0) is 20.5 Å². The van der Waals surface area contributed by atoms with E-state index >= 15 is 0 Å². The predicted molar refractivity (Wildman–Crippen MR) is 109 cm³/mol. The molecule has 1 heterocycles. The molecule has 6 nitrogen and oxygen atoms in total. The van der Waals surface area contributed by atoms with Gasteiger partial charge >= 0.3 is 6.18 Å². The molecule has 0 spiro atoms. The summed E-state index contributed by atoms with van der Waals surface area (Å²) in [5, 5.41) is 5.73. The van der Waals surface area contributed by atoms with Crippen molar-refractivity contribution in [2.24, 2.45) is 5.92 Å². The summed E-state index contributed by atoms with van der Waals surface area (Å²) in [4.78, 5) is 26.7. The molecule has 2 amide bonds. The van der Waals surface area contributed by atoms with E-state index in [0.717, 1.165) is 37.8 Å². The van der Waals surface area contributed by atoms with Crippen LogP contribution in [0.25, 0.3) is 0 Å². The molecule has 9 heteroatoms. The second kappa shape index (κ2) is 10.5. The summed E-state index contributed by atoms with van der Waals surface area (Å²) < 4.78 is 44.3. The van der Waals surface area contributed by atoms with E-state index in [-0.39, 0.29) is 30.3 Å². The Bertz CT molecular complexity index is 743. The Kier molecular flexibility index (Phi) is 7.94. The minimum atomic E-state index is -4.39. The van der Waals surface area contributed by atoms with Gasteiger partial charge in [0, 0.05) is 26.6 Å². The molecule has 2 aliphatic rings. The van der Waals surface area contributed by atoms with Crippen LogP contribution in [0.1, 0.15) is 49.8 Å². The number of halogens is 3. The Labute approximate surface area is 180 Å². The number of nitrogens with zero attached hydrogens (tertiary/aromatic N) is 1. The third-order valence-corrected chi connectivity index (χ3v) is 6.09. The second-order valence-corrected chi connectivity index (χ2v) is 8.25. The van der Waals surface area contributed by atoms with Gasteiger partial charge in [-0.05, 0) is 36.5 Å². The van der Waals surface area contributed by atoms with Crippen LogP contribution >= 0.6 is 0 Å². The van der Waals surface area contributed by atoms with Crippen molar-refractivity contribution in [3.8, 4) is 0 Å². The van der Waals surface area contributed by atoms with Gasteiger partial charge in [-0.25, -0.2) is 0 Å². The van der Waals surface area contributed by atoms with E-state index in [2.05, 4.69) is 15.5 Å². The largest absolute Gasteiger partial charge is 0.416 e. The third-order valence-electron chi connectivity index (χ3n) is 6.09. The number of hydrogen-bond donors (Lipinski definition) is 2. The van der Waals surface area contributed by atoms with Crippen molar-refractivity contribution in [2.75, 3.05) is 32.8 Å². The molecule has 2 N–H and O–H groups in total. The Morgan fingerprint density at radius 2 is 1.74 bits per heavy atom. The number of alkyl halides is 3. The number of amides is 2. The molecule has 1 aromatic carbocycles. The summed E-state index contributed by atoms with van der Waals surface area (Å²) in [7, 11) is 0. The van der Waals surface area contributed by atoms with E-state index < -0.39 is 17.8 Å². The van der Waals surface area contributed by atoms with E-state index in [1.165, 1.54) is 19.1 Å². The monoisotopic (exact) mass is 441 g/mol. The van der Waals surface area contributed by atoms with Crippen molar-refractivity contribution in [1.82, 2.24) is 15.5 Å². The van der Waals surface area contributed by atoms with Gasteiger partial charge in [0.25, 0.3) is 0 Å². The summed E-state index contributed by atoms with van der Waals surface area (Å²) in [6.07, 6.45) is -0.533. The van der Waals surface area contributed by atoms with E-state index in [4.69, 9.17) is 4.74 Å². The summed E-state index contributed by atoms with van der Waals surface area (Å²) in [6.45, 7) is 3.95. The lowest BCUT2D eigenvalue weighted by Crippen LogP contribution is -2.52. The molecule has 2 atom stereocenters. The average Bonchev–Trinajstić information content (AvgIpc) is 3.27. The van der Waals surface area contributed by atoms with Crippen LogP contribution in [0.2, 0.25) is 0 Å². The number of nitrogens with one attached hydrogen (secondary N) is 2. The van der Waals surface area contributed by atoms with Crippen molar-refractivity contribution >= 4 is 11.8 Å². The lowest BCUT2D eigenvalue weighted by Gasteiger charge is -2.35. The first-order valence-corrected chi connectivity index (χ1v) is 10.8. The SMILES string of the molecule is CC(=O)NC(C(=O)NCC(c1ccc(C(F)(F)F)cc1)N1CCOCC1)C1CCCC1. The van der Waals surface area contributed by atoms with E-state index in [1.807, 2.05) is 0 Å². The molecule has 172 valence electrons. The first kappa shape index (κ1) is 23.5. The molecule has 31 heavy (non-hydrogen) atoms. The van der Waals surface area contributed by atoms with Crippen LogP contribution in [0, 0.1) is 5.92 Å². The molecule has 1 aliphatic carbocycles. The molecule has 1 aliphatic heterocycles. The Morgan fingerprint density at radius 3 is 2.29 bits per heavy atom. The molecule has 1 saturated heterocycles. The van der Waals surface area contributed by atoms with Crippen molar-refractivity contribution in [3.63, 3.8) is 0 Å². The third kappa shape index (κ3) is 6.43. The van der Waals surface area contributed by atoms with Gasteiger partial charge in [-0.2, -0.15) is 13.2 Å². The van der Waals surface area contributed by atoms with Crippen molar-refractivity contribution in [1.29, 1.82) is 0 Å². The van der Waals surface area contributed by atoms with Gasteiger partial charge in [-0.3, -0.25) is 14.5 Å². The number of carbonyl (C=O) groups excluding carboxylic acids is 2. The quantitative estimate of drug-likeness (QED) is 0.683. The van der Waals surface area contributed by atoms with Gasteiger partial charge in [-0.15, -0.1) is 0 Å². The second-order valence-electron chi connectivity index (χ2n) is 8.25. The van der Waals surface area contributed by atoms with Crippen LogP contribution < -0.4 is 10.6 Å². The number of ether oxygens (including phenoxy) is 1. The molecule has 0 aromatic heterocycles. The van der Waals surface area contributed by atoms with Crippen LogP contribution in [-0.4, -0.2) is 55.6 Å². The molecule has 1 saturated carbocycles. The van der Waals surface area contributed by atoms with Gasteiger partial charge in [0.05, 0.1) is 24.8 Å². The zero-order chi connectivity index (χ0) is 22.4. The maximum absolute atomic E-state index is 13.0. The summed E-state index contributed by atoms with van der Waals surface area (Å²) >= 11 is 0. The first-order valence-electron chi connectivity index (χ1n) is 10.8. The Balaban J connectivity index is 1.73. The van der Waals surface area contributed by atoms with Crippen LogP contribution in [0.3, 0.4) is 0 Å². The zero-order valence-electron chi connectivity index (χ0n) is 17.7. The lowest BCUT2D eigenvalue weighted by atomic mass is 9.96. The highest BCUT2D eigenvalue weighted by atomic mass is 19.4. The highest BCUT2D eigenvalue weighted by Gasteiger charge is 2.33. The minimum absolute atomic E-state index is 0.108. The molecular formula is C22H30F3N3O3. The van der Waals surface area contributed by atoms with Crippen LogP contribution in [0.4, 0.5) is 13.2 Å². The first-order chi connectivity index (χ1) is 14.8. The highest BCUT2D eigenvalue weighted by Crippen LogP contribution is 2.31. The summed E-state index contributed by atoms with van der Waals surface area (Å²) in [6, 6.07) is 4.22. The van der Waals surface area contributed by atoms with Gasteiger partial charge in [0.15, 0.2) is 0 Å². The van der Waals surface area contributed by atoms with Crippen molar-refractivity contribution in [3.05, 3.63) is 35.4 Å². The summed E-state index contributed by atoms with van der Waals surface area (Å²) in [5.41, 5.74) is 0.000104. The maximum Gasteiger partial charge on any atom is 0.416 e. The Morgan fingerprint density at radius 1 is 1.13 bits per heavy atom. The number of carbonyl (C=O) groups is 2. The molecule has 2 unspecified atom stereocenters. The fraction of sp³-hybridized carbons (Fsp3) is 0.636. The fourth-order valence-electron chi connectivity index (χ4n) is 4.46. The van der Waals surface area contributed by atoms with E-state index in [1.54, 1.807) is 0 Å². The number of morpholine rings is 1. The molecule has 0 radical (unpaired) electrons. The van der Waals surface area contributed by atoms with Crippen molar-refractivity contribution < 1.29 is 27.5 Å². The minimum Gasteiger partial charge on any atom is -0.379 e. The smallest absolute Gasteiger partial charge is 0.379 e. The van der Waals surface area contributed by atoms with E-state index in [0.29, 0.717) is 31.9 Å². The average molecular weight is 441 g/mol. The molecule has 0 bridgehead atoms. The van der Waals surface area contributed by atoms with Gasteiger partial charge in [0.1, 0.15) is 6.04 Å². The standard InChI is InChI=1S/C22H30F3N3O3/c1-15(29)27-20(17-4-2-3-5-17)21(30)26-14-19(28-10-12-31-13-11-28)16-6-8-18(9-7-16)22(23,24)25/h6-9,17,19-20H,2-5,10-14H2,1H3,(H,26,30)(H,27,29). The maximum atomic E-state index is 13.0. The highest BCUT2D eigenvalue weighted by molar-refractivity contribution is 5.87. The van der Waals surface area contributed by atoms with Crippen molar-refractivity contribution in [2.45, 2.75) is 50.9 Å². The summed E-state index contributed by atoms with van der Waals surface area (Å²) in [5.74, 6) is -0.386. The van der Waals surface area contributed by atoms with E-state index in [9.17, 15) is 22.8 Å². The predicted octanol–water partition coefficient (Wildman–Crippen LogP) is 2.89. The van der Waals surface area contributed by atoms with Crippen LogP contribution in [0.5, 0.6) is 0 Å². The van der Waals surface area contributed by atoms with Crippen LogP contribution in [0.15, 0.2) is 24.3 Å². The topological polar surface area (TPSA) is 70.7 Å². The fourth-order valence-corrected chi connectivity index (χ4v) is 4.46. The molecule has 3 rings (SSSR count).